The summed E-state index contributed by atoms with van der Waals surface area (Å²) in [5, 5.41) is 3.77. The summed E-state index contributed by atoms with van der Waals surface area (Å²) in [6.45, 7) is 2.72. The van der Waals surface area contributed by atoms with Gasteiger partial charge in [0.1, 0.15) is 0 Å². The number of hydrogen-bond acceptors (Lipinski definition) is 2. The van der Waals surface area contributed by atoms with Crippen LogP contribution in [-0.4, -0.2) is 29.8 Å². The highest BCUT2D eigenvalue weighted by atomic mass is 35.5. The summed E-state index contributed by atoms with van der Waals surface area (Å²) in [7, 11) is 0. The van der Waals surface area contributed by atoms with Crippen LogP contribution in [0, 0.1) is 23.2 Å². The molecule has 0 aromatic heterocycles. The Labute approximate surface area is 176 Å². The molecule has 4 aliphatic rings. The van der Waals surface area contributed by atoms with Crippen molar-refractivity contribution in [3.63, 3.8) is 0 Å². The molecule has 1 aromatic carbocycles. The van der Waals surface area contributed by atoms with Crippen molar-refractivity contribution in [1.82, 2.24) is 4.90 Å². The van der Waals surface area contributed by atoms with Gasteiger partial charge >= 0.3 is 0 Å². The Morgan fingerprint density at radius 1 is 1.11 bits per heavy atom. The third-order valence-electron chi connectivity index (χ3n) is 6.81. The molecular weight excluding hydrogens is 395 g/mol. The molecule has 4 fully saturated rings. The normalized spacial score (nSPS) is 30.3. The van der Waals surface area contributed by atoms with E-state index in [0.717, 1.165) is 25.7 Å². The van der Waals surface area contributed by atoms with Gasteiger partial charge in [0, 0.05) is 11.6 Å². The first-order chi connectivity index (χ1) is 13.4. The monoisotopic (exact) mass is 422 g/mol. The molecule has 0 aliphatic heterocycles. The Morgan fingerprint density at radius 2 is 1.71 bits per heavy atom. The van der Waals surface area contributed by atoms with Gasteiger partial charge in [0.05, 0.1) is 22.7 Å². The van der Waals surface area contributed by atoms with Gasteiger partial charge in [0.15, 0.2) is 0 Å². The molecule has 1 aromatic rings. The zero-order valence-electron chi connectivity index (χ0n) is 16.3. The van der Waals surface area contributed by atoms with Crippen LogP contribution in [0.25, 0.3) is 0 Å². The number of hydrogen-bond donors (Lipinski definition) is 1. The van der Waals surface area contributed by atoms with Gasteiger partial charge < -0.3 is 10.2 Å². The van der Waals surface area contributed by atoms with Crippen LogP contribution >= 0.6 is 23.2 Å². The highest BCUT2D eigenvalue weighted by molar-refractivity contribution is 6.35. The first kappa shape index (κ1) is 20.0. The zero-order chi connectivity index (χ0) is 19.9. The number of nitrogens with one attached hydrogen (secondary N) is 1. The number of anilines is 1. The molecule has 0 unspecified atom stereocenters. The van der Waals surface area contributed by atoms with Gasteiger partial charge in [-0.3, -0.25) is 9.59 Å². The van der Waals surface area contributed by atoms with Crippen molar-refractivity contribution in [2.45, 2.75) is 51.9 Å². The molecule has 4 saturated carbocycles. The van der Waals surface area contributed by atoms with Crippen LogP contribution < -0.4 is 5.32 Å². The average Bonchev–Trinajstić information content (AvgIpc) is 2.62. The Bertz CT molecular complexity index is 745. The van der Waals surface area contributed by atoms with Crippen LogP contribution in [0.2, 0.25) is 10.0 Å². The van der Waals surface area contributed by atoms with Crippen molar-refractivity contribution >= 4 is 40.7 Å². The minimum Gasteiger partial charge on any atom is -0.333 e. The number of amides is 2. The maximum absolute atomic E-state index is 13.6. The SMILES string of the molecule is CCCN(CC(=O)Nc1cc(Cl)ccc1Cl)C(=O)C12CC3CC(CC(C3)C1)C2. The third kappa shape index (κ3) is 3.91. The molecule has 28 heavy (non-hydrogen) atoms. The smallest absolute Gasteiger partial charge is 0.244 e. The Kier molecular flexibility index (Phi) is 5.63. The van der Waals surface area contributed by atoms with Gasteiger partial charge in [-0.25, -0.2) is 0 Å². The van der Waals surface area contributed by atoms with Crippen LogP contribution in [0.5, 0.6) is 0 Å². The van der Waals surface area contributed by atoms with Crippen molar-refractivity contribution in [2.75, 3.05) is 18.4 Å². The summed E-state index contributed by atoms with van der Waals surface area (Å²) in [5.74, 6) is 2.09. The summed E-state index contributed by atoms with van der Waals surface area (Å²) in [6.07, 6.45) is 7.78. The molecule has 1 N–H and O–H groups in total. The van der Waals surface area contributed by atoms with E-state index in [1.165, 1.54) is 19.3 Å². The molecule has 0 atom stereocenters. The van der Waals surface area contributed by atoms with Crippen molar-refractivity contribution < 1.29 is 9.59 Å². The van der Waals surface area contributed by atoms with Crippen LogP contribution in [0.1, 0.15) is 51.9 Å². The highest BCUT2D eigenvalue weighted by Gasteiger charge is 2.55. The molecule has 0 radical (unpaired) electrons. The molecule has 4 aliphatic carbocycles. The third-order valence-corrected chi connectivity index (χ3v) is 7.37. The fourth-order valence-corrected chi connectivity index (χ4v) is 6.52. The lowest BCUT2D eigenvalue weighted by atomic mass is 9.49. The van der Waals surface area contributed by atoms with Crippen molar-refractivity contribution in [1.29, 1.82) is 0 Å². The van der Waals surface area contributed by atoms with Crippen molar-refractivity contribution in [2.24, 2.45) is 23.2 Å². The number of carbonyl (C=O) groups excluding carboxylic acids is 2. The quantitative estimate of drug-likeness (QED) is 0.667. The Balaban J connectivity index is 1.47. The minimum atomic E-state index is -0.226. The van der Waals surface area contributed by atoms with E-state index in [9.17, 15) is 9.59 Å². The van der Waals surface area contributed by atoms with Gasteiger partial charge in [-0.1, -0.05) is 30.1 Å². The molecule has 4 bridgehead atoms. The molecule has 0 spiro atoms. The topological polar surface area (TPSA) is 49.4 Å². The highest BCUT2D eigenvalue weighted by Crippen LogP contribution is 2.60. The first-order valence-corrected chi connectivity index (χ1v) is 11.2. The van der Waals surface area contributed by atoms with Crippen molar-refractivity contribution in [3.8, 4) is 0 Å². The first-order valence-electron chi connectivity index (χ1n) is 10.4. The summed E-state index contributed by atoms with van der Waals surface area (Å²) in [4.78, 5) is 28.1. The van der Waals surface area contributed by atoms with Crippen LogP contribution in [0.15, 0.2) is 18.2 Å². The predicted molar refractivity (Wildman–Crippen MR) is 113 cm³/mol. The Hall–Kier alpha value is -1.26. The lowest BCUT2D eigenvalue weighted by Crippen LogP contribution is -2.55. The number of rotatable bonds is 6. The van der Waals surface area contributed by atoms with E-state index in [1.54, 1.807) is 23.1 Å². The average molecular weight is 423 g/mol. The van der Waals surface area contributed by atoms with Crippen LogP contribution in [-0.2, 0) is 9.59 Å². The maximum Gasteiger partial charge on any atom is 0.244 e. The van der Waals surface area contributed by atoms with Gasteiger partial charge in [0.2, 0.25) is 11.8 Å². The van der Waals surface area contributed by atoms with Crippen molar-refractivity contribution in [3.05, 3.63) is 28.2 Å². The lowest BCUT2D eigenvalue weighted by molar-refractivity contribution is -0.158. The second kappa shape index (κ2) is 7.87. The van der Waals surface area contributed by atoms with E-state index in [4.69, 9.17) is 23.2 Å². The van der Waals surface area contributed by atoms with E-state index < -0.39 is 0 Å². The Morgan fingerprint density at radius 3 is 2.29 bits per heavy atom. The van der Waals surface area contributed by atoms with E-state index in [-0.39, 0.29) is 23.8 Å². The van der Waals surface area contributed by atoms with Gasteiger partial charge in [-0.2, -0.15) is 0 Å². The minimum absolute atomic E-state index is 0.0667. The van der Waals surface area contributed by atoms with E-state index in [1.807, 2.05) is 6.92 Å². The number of carbonyl (C=O) groups is 2. The molecular formula is C22H28Cl2N2O2. The molecule has 4 nitrogen and oxygen atoms in total. The van der Waals surface area contributed by atoms with Gasteiger partial charge in [-0.05, 0) is 80.9 Å². The fourth-order valence-electron chi connectivity index (χ4n) is 6.19. The molecule has 5 rings (SSSR count). The number of nitrogens with zero attached hydrogens (tertiary/aromatic N) is 1. The van der Waals surface area contributed by atoms with E-state index in [2.05, 4.69) is 5.32 Å². The van der Waals surface area contributed by atoms with E-state index >= 15 is 0 Å². The molecule has 152 valence electrons. The molecule has 0 saturated heterocycles. The van der Waals surface area contributed by atoms with Crippen LogP contribution in [0.4, 0.5) is 5.69 Å². The largest absolute Gasteiger partial charge is 0.333 e. The lowest BCUT2D eigenvalue weighted by Gasteiger charge is -2.56. The van der Waals surface area contributed by atoms with Gasteiger partial charge in [0.25, 0.3) is 0 Å². The standard InChI is InChI=1S/C22H28Cl2N2O2/c1-2-5-26(13-20(27)25-19-9-17(23)3-4-18(19)24)21(28)22-10-14-6-15(11-22)8-16(7-14)12-22/h3-4,9,14-16H,2,5-8,10-13H2,1H3,(H,25,27). The molecule has 2 amide bonds. The van der Waals surface area contributed by atoms with E-state index in [0.29, 0.717) is 40.0 Å². The summed E-state index contributed by atoms with van der Waals surface area (Å²) >= 11 is 12.2. The second-order valence-electron chi connectivity index (χ2n) is 9.10. The summed E-state index contributed by atoms with van der Waals surface area (Å²) < 4.78 is 0. The number of benzene rings is 1. The maximum atomic E-state index is 13.6. The van der Waals surface area contributed by atoms with Crippen LogP contribution in [0.3, 0.4) is 0 Å². The van der Waals surface area contributed by atoms with Gasteiger partial charge in [-0.15, -0.1) is 0 Å². The predicted octanol–water partition coefficient (Wildman–Crippen LogP) is 5.39. The zero-order valence-corrected chi connectivity index (χ0v) is 17.9. The summed E-state index contributed by atoms with van der Waals surface area (Å²) in [6, 6.07) is 4.97. The molecule has 6 heteroatoms. The molecule has 0 heterocycles. The second-order valence-corrected chi connectivity index (χ2v) is 9.94. The fraction of sp³-hybridized carbons (Fsp3) is 0.636. The number of halogens is 2. The summed E-state index contributed by atoms with van der Waals surface area (Å²) in [5.41, 5.74) is 0.260.